The van der Waals surface area contributed by atoms with Crippen molar-refractivity contribution in [2.75, 3.05) is 19.5 Å². The van der Waals surface area contributed by atoms with Gasteiger partial charge in [-0.15, -0.1) is 0 Å². The highest BCUT2D eigenvalue weighted by Gasteiger charge is 2.20. The van der Waals surface area contributed by atoms with Gasteiger partial charge in [0, 0.05) is 17.1 Å². The van der Waals surface area contributed by atoms with E-state index in [1.807, 2.05) is 37.9 Å². The maximum Gasteiger partial charge on any atom is 0.241 e. The van der Waals surface area contributed by atoms with Crippen LogP contribution in [0.1, 0.15) is 18.1 Å². The number of halogens is 2. The minimum Gasteiger partial charge on any atom is -0.496 e. The van der Waals surface area contributed by atoms with Crippen LogP contribution in [0.4, 0.5) is 5.69 Å². The number of nitrogens with zero attached hydrogens (tertiary/aromatic N) is 1. The number of amides is 1. The van der Waals surface area contributed by atoms with Crippen LogP contribution >= 0.6 is 23.2 Å². The van der Waals surface area contributed by atoms with Crippen molar-refractivity contribution < 1.29 is 9.53 Å². The van der Waals surface area contributed by atoms with E-state index in [9.17, 15) is 4.79 Å². The van der Waals surface area contributed by atoms with Crippen molar-refractivity contribution in [3.63, 3.8) is 0 Å². The zero-order valence-electron chi connectivity index (χ0n) is 14.8. The van der Waals surface area contributed by atoms with Crippen LogP contribution in [-0.4, -0.2) is 31.0 Å². The second kappa shape index (κ2) is 8.56. The maximum absolute atomic E-state index is 12.5. The number of aryl methyl sites for hydroxylation is 1. The number of rotatable bonds is 6. The van der Waals surface area contributed by atoms with Gasteiger partial charge in [-0.25, -0.2) is 0 Å². The van der Waals surface area contributed by atoms with Crippen LogP contribution in [-0.2, 0) is 11.3 Å². The quantitative estimate of drug-likeness (QED) is 0.784. The minimum atomic E-state index is -0.350. The van der Waals surface area contributed by atoms with Crippen molar-refractivity contribution in [2.45, 2.75) is 26.4 Å². The summed E-state index contributed by atoms with van der Waals surface area (Å²) in [7, 11) is 3.54. The summed E-state index contributed by atoms with van der Waals surface area (Å²) >= 11 is 12.0. The van der Waals surface area contributed by atoms with Gasteiger partial charge in [-0.1, -0.05) is 40.9 Å². The molecule has 1 N–H and O–H groups in total. The lowest BCUT2D eigenvalue weighted by atomic mass is 10.1. The lowest BCUT2D eigenvalue weighted by molar-refractivity contribution is -0.120. The SMILES string of the molecule is COc1ccc(C)cc1CN(C)[C@H](C)C(=O)Nc1ccc(Cl)cc1Cl. The molecule has 0 aromatic heterocycles. The van der Waals surface area contributed by atoms with E-state index >= 15 is 0 Å². The first-order chi connectivity index (χ1) is 11.8. The van der Waals surface area contributed by atoms with Gasteiger partial charge in [-0.2, -0.15) is 0 Å². The Bertz CT molecular complexity index is 765. The summed E-state index contributed by atoms with van der Waals surface area (Å²) < 4.78 is 5.41. The number of anilines is 1. The minimum absolute atomic E-state index is 0.140. The predicted octanol–water partition coefficient (Wildman–Crippen LogP) is 4.77. The third-order valence-corrected chi connectivity index (χ3v) is 4.63. The van der Waals surface area contributed by atoms with Gasteiger partial charge in [0.1, 0.15) is 5.75 Å². The van der Waals surface area contributed by atoms with Gasteiger partial charge in [-0.3, -0.25) is 9.69 Å². The molecule has 0 aliphatic heterocycles. The predicted molar refractivity (Wildman–Crippen MR) is 104 cm³/mol. The fourth-order valence-corrected chi connectivity index (χ4v) is 2.92. The van der Waals surface area contributed by atoms with Crippen molar-refractivity contribution in [1.29, 1.82) is 0 Å². The van der Waals surface area contributed by atoms with E-state index in [4.69, 9.17) is 27.9 Å². The molecule has 0 unspecified atom stereocenters. The van der Waals surface area contributed by atoms with E-state index in [2.05, 4.69) is 11.4 Å². The molecular formula is C19H22Cl2N2O2. The Hall–Kier alpha value is -1.75. The third-order valence-electron chi connectivity index (χ3n) is 4.09. The summed E-state index contributed by atoms with van der Waals surface area (Å²) in [5, 5.41) is 3.78. The first-order valence-electron chi connectivity index (χ1n) is 7.91. The van der Waals surface area contributed by atoms with Gasteiger partial charge in [0.05, 0.1) is 23.9 Å². The lowest BCUT2D eigenvalue weighted by Gasteiger charge is -2.25. The molecule has 1 atom stereocenters. The molecular weight excluding hydrogens is 359 g/mol. The number of ether oxygens (including phenoxy) is 1. The van der Waals surface area contributed by atoms with Gasteiger partial charge in [0.15, 0.2) is 0 Å². The lowest BCUT2D eigenvalue weighted by Crippen LogP contribution is -2.39. The average Bonchev–Trinajstić information content (AvgIpc) is 2.56. The molecule has 0 radical (unpaired) electrons. The highest BCUT2D eigenvalue weighted by molar-refractivity contribution is 6.36. The van der Waals surface area contributed by atoms with Crippen LogP contribution < -0.4 is 10.1 Å². The maximum atomic E-state index is 12.5. The Balaban J connectivity index is 2.07. The Morgan fingerprint density at radius 2 is 1.96 bits per heavy atom. The Morgan fingerprint density at radius 1 is 1.24 bits per heavy atom. The van der Waals surface area contributed by atoms with Crippen LogP contribution in [0.15, 0.2) is 36.4 Å². The highest BCUT2D eigenvalue weighted by atomic mass is 35.5. The first kappa shape index (κ1) is 19.6. The molecule has 0 aliphatic carbocycles. The first-order valence-corrected chi connectivity index (χ1v) is 8.67. The summed E-state index contributed by atoms with van der Waals surface area (Å²) in [5.41, 5.74) is 2.73. The molecule has 0 saturated heterocycles. The molecule has 0 fully saturated rings. The molecule has 1 amide bonds. The van der Waals surface area contributed by atoms with E-state index in [0.29, 0.717) is 22.3 Å². The number of nitrogens with one attached hydrogen (secondary N) is 1. The van der Waals surface area contributed by atoms with Crippen LogP contribution in [0.3, 0.4) is 0 Å². The number of hydrogen-bond acceptors (Lipinski definition) is 3. The normalized spacial score (nSPS) is 12.1. The summed E-state index contributed by atoms with van der Waals surface area (Å²) in [4.78, 5) is 14.5. The molecule has 2 aromatic carbocycles. The van der Waals surface area contributed by atoms with E-state index in [1.54, 1.807) is 25.3 Å². The van der Waals surface area contributed by atoms with E-state index in [1.165, 1.54) is 0 Å². The van der Waals surface area contributed by atoms with Crippen LogP contribution in [0.5, 0.6) is 5.75 Å². The van der Waals surface area contributed by atoms with E-state index < -0.39 is 0 Å². The summed E-state index contributed by atoms with van der Waals surface area (Å²) in [6.45, 7) is 4.47. The largest absolute Gasteiger partial charge is 0.496 e. The standard InChI is InChI=1S/C19H22Cl2N2O2/c1-12-5-8-18(25-4)14(9-12)11-23(3)13(2)19(24)22-17-7-6-15(20)10-16(17)21/h5-10,13H,11H2,1-4H3,(H,22,24)/t13-/m1/s1. The number of likely N-dealkylation sites (N-methyl/N-ethyl adjacent to an activating group) is 1. The van der Waals surface area contributed by atoms with Crippen molar-refractivity contribution >= 4 is 34.8 Å². The molecule has 0 bridgehead atoms. The molecule has 0 heterocycles. The van der Waals surface area contributed by atoms with Crippen molar-refractivity contribution in [3.05, 3.63) is 57.6 Å². The van der Waals surface area contributed by atoms with Gasteiger partial charge in [0.25, 0.3) is 0 Å². The Morgan fingerprint density at radius 3 is 2.60 bits per heavy atom. The zero-order valence-corrected chi connectivity index (χ0v) is 16.3. The summed E-state index contributed by atoms with van der Waals surface area (Å²) in [6, 6.07) is 10.6. The van der Waals surface area contributed by atoms with Gasteiger partial charge in [0.2, 0.25) is 5.91 Å². The summed E-state index contributed by atoms with van der Waals surface area (Å²) in [5.74, 6) is 0.671. The number of benzene rings is 2. The van der Waals surface area contributed by atoms with Crippen LogP contribution in [0.2, 0.25) is 10.0 Å². The van der Waals surface area contributed by atoms with Gasteiger partial charge < -0.3 is 10.1 Å². The highest BCUT2D eigenvalue weighted by Crippen LogP contribution is 2.26. The average molecular weight is 381 g/mol. The molecule has 25 heavy (non-hydrogen) atoms. The Labute approximate surface area is 158 Å². The number of methoxy groups -OCH3 is 1. The molecule has 4 nitrogen and oxygen atoms in total. The van der Waals surface area contributed by atoms with Crippen LogP contribution in [0.25, 0.3) is 0 Å². The molecule has 0 spiro atoms. The smallest absolute Gasteiger partial charge is 0.241 e. The van der Waals surface area contributed by atoms with Crippen molar-refractivity contribution in [3.8, 4) is 5.75 Å². The Kier molecular flexibility index (Phi) is 6.71. The molecule has 2 rings (SSSR count). The monoisotopic (exact) mass is 380 g/mol. The summed E-state index contributed by atoms with van der Waals surface area (Å²) in [6.07, 6.45) is 0. The third kappa shape index (κ3) is 5.11. The second-order valence-electron chi connectivity index (χ2n) is 6.02. The number of hydrogen-bond donors (Lipinski definition) is 1. The number of carbonyl (C=O) groups is 1. The second-order valence-corrected chi connectivity index (χ2v) is 6.86. The van der Waals surface area contributed by atoms with Gasteiger partial charge in [-0.05, 0) is 45.2 Å². The molecule has 6 heteroatoms. The van der Waals surface area contributed by atoms with Crippen molar-refractivity contribution in [1.82, 2.24) is 4.90 Å². The molecule has 2 aromatic rings. The van der Waals surface area contributed by atoms with Crippen molar-refractivity contribution in [2.24, 2.45) is 0 Å². The molecule has 134 valence electrons. The van der Waals surface area contributed by atoms with Crippen LogP contribution in [0, 0.1) is 6.92 Å². The zero-order chi connectivity index (χ0) is 18.6. The molecule has 0 saturated carbocycles. The number of carbonyl (C=O) groups excluding carboxylic acids is 1. The fraction of sp³-hybridized carbons (Fsp3) is 0.316. The van der Waals surface area contributed by atoms with E-state index in [-0.39, 0.29) is 11.9 Å². The van der Waals surface area contributed by atoms with E-state index in [0.717, 1.165) is 16.9 Å². The fourth-order valence-electron chi connectivity index (χ4n) is 2.46. The topological polar surface area (TPSA) is 41.6 Å². The van der Waals surface area contributed by atoms with Gasteiger partial charge >= 0.3 is 0 Å². The molecule has 0 aliphatic rings.